The van der Waals surface area contributed by atoms with Gasteiger partial charge in [-0.15, -0.1) is 0 Å². The van der Waals surface area contributed by atoms with Crippen molar-refractivity contribution < 1.29 is 4.74 Å². The van der Waals surface area contributed by atoms with Crippen LogP contribution in [0.5, 0.6) is 0 Å². The summed E-state index contributed by atoms with van der Waals surface area (Å²) in [6.45, 7) is 2.33. The smallest absolute Gasteiger partial charge is 0.100 e. The molecule has 0 aromatic carbocycles. The van der Waals surface area contributed by atoms with Gasteiger partial charge < -0.3 is 4.74 Å². The standard InChI is InChI=1S/C14H20O/c1-12-7-6-10-14(11-12)15-13-8-4-2-3-5-9-13/h2-5,8,12,14H,6-7,9-11H2,1H3/t12?,14-/m1/s1. The summed E-state index contributed by atoms with van der Waals surface area (Å²) in [7, 11) is 0. The number of hydrogen-bond acceptors (Lipinski definition) is 1. The molecule has 0 aromatic rings. The zero-order valence-electron chi connectivity index (χ0n) is 9.49. The summed E-state index contributed by atoms with van der Waals surface area (Å²) in [5, 5.41) is 0. The lowest BCUT2D eigenvalue weighted by molar-refractivity contribution is 0.0627. The van der Waals surface area contributed by atoms with Crippen molar-refractivity contribution in [2.45, 2.75) is 45.1 Å². The first-order valence-electron chi connectivity index (χ1n) is 6.03. The van der Waals surface area contributed by atoms with Crippen molar-refractivity contribution in [2.75, 3.05) is 0 Å². The second-order valence-corrected chi connectivity index (χ2v) is 4.66. The Morgan fingerprint density at radius 2 is 2.13 bits per heavy atom. The highest BCUT2D eigenvalue weighted by Crippen LogP contribution is 2.28. The maximum atomic E-state index is 6.04. The first kappa shape index (κ1) is 10.5. The van der Waals surface area contributed by atoms with Crippen molar-refractivity contribution >= 4 is 0 Å². The van der Waals surface area contributed by atoms with Gasteiger partial charge in [0.25, 0.3) is 0 Å². The fourth-order valence-corrected chi connectivity index (χ4v) is 2.34. The van der Waals surface area contributed by atoms with Crippen molar-refractivity contribution in [3.8, 4) is 0 Å². The SMILES string of the molecule is CC1CCC[C@@H](OC2=CC=CC=CC2)C1. The molecule has 82 valence electrons. The molecule has 0 N–H and O–H groups in total. The highest BCUT2D eigenvalue weighted by Gasteiger charge is 2.20. The Hall–Kier alpha value is -0.980. The molecule has 0 heterocycles. The van der Waals surface area contributed by atoms with Crippen molar-refractivity contribution in [3.63, 3.8) is 0 Å². The summed E-state index contributed by atoms with van der Waals surface area (Å²) in [5.41, 5.74) is 0. The first-order valence-corrected chi connectivity index (χ1v) is 6.03. The number of rotatable bonds is 2. The van der Waals surface area contributed by atoms with E-state index in [1.165, 1.54) is 25.7 Å². The molecular formula is C14H20O. The van der Waals surface area contributed by atoms with Gasteiger partial charge in [-0.3, -0.25) is 0 Å². The van der Waals surface area contributed by atoms with E-state index in [1.807, 2.05) is 0 Å². The second-order valence-electron chi connectivity index (χ2n) is 4.66. The minimum absolute atomic E-state index is 0.458. The van der Waals surface area contributed by atoms with Gasteiger partial charge in [-0.2, -0.15) is 0 Å². The number of ether oxygens (including phenoxy) is 1. The van der Waals surface area contributed by atoms with Crippen LogP contribution in [0.1, 0.15) is 39.0 Å². The third kappa shape index (κ3) is 3.26. The Bertz CT molecular complexity index is 286. The Morgan fingerprint density at radius 1 is 1.20 bits per heavy atom. The molecule has 2 aliphatic rings. The molecule has 0 bridgehead atoms. The average molecular weight is 204 g/mol. The van der Waals surface area contributed by atoms with Crippen LogP contribution < -0.4 is 0 Å². The van der Waals surface area contributed by atoms with E-state index in [4.69, 9.17) is 4.74 Å². The van der Waals surface area contributed by atoms with Gasteiger partial charge in [0.2, 0.25) is 0 Å². The topological polar surface area (TPSA) is 9.23 Å². The number of hydrogen-bond donors (Lipinski definition) is 0. The van der Waals surface area contributed by atoms with Gasteiger partial charge in [-0.05, 0) is 31.3 Å². The lowest BCUT2D eigenvalue weighted by Crippen LogP contribution is -2.21. The van der Waals surface area contributed by atoms with Gasteiger partial charge >= 0.3 is 0 Å². The Kier molecular flexibility index (Phi) is 3.65. The monoisotopic (exact) mass is 204 g/mol. The summed E-state index contributed by atoms with van der Waals surface area (Å²) >= 11 is 0. The molecule has 2 aliphatic carbocycles. The summed E-state index contributed by atoms with van der Waals surface area (Å²) in [6, 6.07) is 0. The molecule has 1 saturated carbocycles. The highest BCUT2D eigenvalue weighted by molar-refractivity contribution is 5.20. The van der Waals surface area contributed by atoms with Gasteiger partial charge in [-0.1, -0.05) is 37.6 Å². The van der Waals surface area contributed by atoms with Crippen LogP contribution in [0.4, 0.5) is 0 Å². The highest BCUT2D eigenvalue weighted by atomic mass is 16.5. The summed E-state index contributed by atoms with van der Waals surface area (Å²) in [6.07, 6.45) is 17.0. The number of allylic oxidation sites excluding steroid dienone is 5. The van der Waals surface area contributed by atoms with E-state index in [-0.39, 0.29) is 0 Å². The van der Waals surface area contributed by atoms with Gasteiger partial charge in [0.1, 0.15) is 5.76 Å². The van der Waals surface area contributed by atoms with Crippen molar-refractivity contribution in [1.29, 1.82) is 0 Å². The largest absolute Gasteiger partial charge is 0.494 e. The Morgan fingerprint density at radius 3 is 3.00 bits per heavy atom. The minimum Gasteiger partial charge on any atom is -0.494 e. The fourth-order valence-electron chi connectivity index (χ4n) is 2.34. The molecule has 1 fully saturated rings. The molecule has 15 heavy (non-hydrogen) atoms. The predicted molar refractivity (Wildman–Crippen MR) is 63.5 cm³/mol. The Balaban J connectivity index is 1.87. The van der Waals surface area contributed by atoms with E-state index in [1.54, 1.807) is 0 Å². The van der Waals surface area contributed by atoms with E-state index in [0.29, 0.717) is 6.10 Å². The molecule has 0 spiro atoms. The fraction of sp³-hybridized carbons (Fsp3) is 0.571. The molecule has 0 saturated heterocycles. The minimum atomic E-state index is 0.458. The van der Waals surface area contributed by atoms with E-state index < -0.39 is 0 Å². The van der Waals surface area contributed by atoms with Gasteiger partial charge in [-0.25, -0.2) is 0 Å². The summed E-state index contributed by atoms with van der Waals surface area (Å²) in [5.74, 6) is 1.96. The predicted octanol–water partition coefficient (Wildman–Crippen LogP) is 3.98. The van der Waals surface area contributed by atoms with Crippen molar-refractivity contribution in [2.24, 2.45) is 5.92 Å². The maximum Gasteiger partial charge on any atom is 0.100 e. The van der Waals surface area contributed by atoms with Crippen LogP contribution in [0, 0.1) is 5.92 Å². The Labute approximate surface area is 92.5 Å². The van der Waals surface area contributed by atoms with E-state index in [9.17, 15) is 0 Å². The summed E-state index contributed by atoms with van der Waals surface area (Å²) in [4.78, 5) is 0. The van der Waals surface area contributed by atoms with E-state index in [0.717, 1.165) is 18.1 Å². The second kappa shape index (κ2) is 5.20. The van der Waals surface area contributed by atoms with Crippen LogP contribution in [-0.4, -0.2) is 6.10 Å². The average Bonchev–Trinajstić information content (AvgIpc) is 2.46. The molecule has 0 aliphatic heterocycles. The molecule has 1 heteroatoms. The van der Waals surface area contributed by atoms with Gasteiger partial charge in [0, 0.05) is 6.42 Å². The molecular weight excluding hydrogens is 184 g/mol. The van der Waals surface area contributed by atoms with Gasteiger partial charge in [0.05, 0.1) is 6.10 Å². The van der Waals surface area contributed by atoms with Crippen molar-refractivity contribution in [1.82, 2.24) is 0 Å². The van der Waals surface area contributed by atoms with Crippen LogP contribution in [0.2, 0.25) is 0 Å². The zero-order chi connectivity index (χ0) is 10.5. The quantitative estimate of drug-likeness (QED) is 0.661. The van der Waals surface area contributed by atoms with Crippen LogP contribution in [-0.2, 0) is 4.74 Å². The van der Waals surface area contributed by atoms with E-state index >= 15 is 0 Å². The first-order chi connectivity index (χ1) is 7.34. The lowest BCUT2D eigenvalue weighted by atomic mass is 9.88. The molecule has 1 unspecified atom stereocenters. The van der Waals surface area contributed by atoms with Crippen molar-refractivity contribution in [3.05, 3.63) is 36.1 Å². The molecule has 2 rings (SSSR count). The molecule has 0 radical (unpaired) electrons. The van der Waals surface area contributed by atoms with Crippen LogP contribution >= 0.6 is 0 Å². The van der Waals surface area contributed by atoms with Gasteiger partial charge in [0.15, 0.2) is 0 Å². The van der Waals surface area contributed by atoms with Crippen LogP contribution in [0.3, 0.4) is 0 Å². The lowest BCUT2D eigenvalue weighted by Gasteiger charge is -2.28. The van der Waals surface area contributed by atoms with Crippen LogP contribution in [0.25, 0.3) is 0 Å². The van der Waals surface area contributed by atoms with E-state index in [2.05, 4.69) is 37.3 Å². The molecule has 0 amide bonds. The molecule has 2 atom stereocenters. The zero-order valence-corrected chi connectivity index (χ0v) is 9.49. The maximum absolute atomic E-state index is 6.04. The third-order valence-corrected chi connectivity index (χ3v) is 3.17. The molecule has 1 nitrogen and oxygen atoms in total. The molecule has 0 aromatic heterocycles. The normalized spacial score (nSPS) is 30.9. The van der Waals surface area contributed by atoms with Crippen LogP contribution in [0.15, 0.2) is 36.1 Å². The third-order valence-electron chi connectivity index (χ3n) is 3.17. The summed E-state index contributed by atoms with van der Waals surface area (Å²) < 4.78 is 6.04.